The fourth-order valence-corrected chi connectivity index (χ4v) is 2.14. The molecule has 0 aliphatic rings. The molecular weight excluding hydrogens is 239 g/mol. The van der Waals surface area contributed by atoms with Crippen LogP contribution in [0.1, 0.15) is 29.3 Å². The normalized spacial score (nSPS) is 10.5. The highest BCUT2D eigenvalue weighted by molar-refractivity contribution is 5.58. The number of pyridine rings is 1. The van der Waals surface area contributed by atoms with Crippen LogP contribution in [0.25, 0.3) is 0 Å². The molecule has 2 rings (SSSR count). The van der Waals surface area contributed by atoms with E-state index >= 15 is 0 Å². The molecule has 100 valence electrons. The highest BCUT2D eigenvalue weighted by Crippen LogP contribution is 2.24. The van der Waals surface area contributed by atoms with Gasteiger partial charge in [-0.1, -0.05) is 12.1 Å². The number of aryl methyl sites for hydroxylation is 1. The van der Waals surface area contributed by atoms with Crippen LogP contribution in [-0.4, -0.2) is 11.5 Å². The predicted octanol–water partition coefficient (Wildman–Crippen LogP) is 3.86. The third-order valence-electron chi connectivity index (χ3n) is 3.31. The highest BCUT2D eigenvalue weighted by atomic mass is 19.1. The molecule has 1 heterocycles. The second-order valence-electron chi connectivity index (χ2n) is 4.70. The number of halogens is 1. The van der Waals surface area contributed by atoms with Gasteiger partial charge >= 0.3 is 0 Å². The molecule has 0 fully saturated rings. The Hall–Kier alpha value is -1.90. The van der Waals surface area contributed by atoms with E-state index in [4.69, 9.17) is 0 Å². The predicted molar refractivity (Wildman–Crippen MR) is 77.1 cm³/mol. The highest BCUT2D eigenvalue weighted by Gasteiger charge is 2.09. The van der Waals surface area contributed by atoms with Gasteiger partial charge in [0.15, 0.2) is 0 Å². The molecule has 0 radical (unpaired) electrons. The van der Waals surface area contributed by atoms with Crippen LogP contribution in [0.4, 0.5) is 10.1 Å². The van der Waals surface area contributed by atoms with Crippen molar-refractivity contribution in [2.75, 3.05) is 11.9 Å². The van der Waals surface area contributed by atoms with Crippen molar-refractivity contribution in [3.63, 3.8) is 0 Å². The lowest BCUT2D eigenvalue weighted by molar-refractivity contribution is 0.627. The maximum absolute atomic E-state index is 12.9. The van der Waals surface area contributed by atoms with Crippen LogP contribution in [0.3, 0.4) is 0 Å². The van der Waals surface area contributed by atoms with E-state index in [0.717, 1.165) is 35.5 Å². The maximum atomic E-state index is 12.9. The minimum Gasteiger partial charge on any atom is -0.385 e. The largest absolute Gasteiger partial charge is 0.385 e. The molecule has 0 saturated heterocycles. The average molecular weight is 258 g/mol. The number of aromatic nitrogens is 1. The van der Waals surface area contributed by atoms with E-state index in [1.165, 1.54) is 17.7 Å². The molecule has 0 aliphatic heterocycles. The minimum absolute atomic E-state index is 0.200. The lowest BCUT2D eigenvalue weighted by atomic mass is 10.0. The van der Waals surface area contributed by atoms with Crippen LogP contribution in [0.5, 0.6) is 0 Å². The number of benzene rings is 1. The van der Waals surface area contributed by atoms with Crippen molar-refractivity contribution in [2.45, 2.75) is 27.2 Å². The van der Waals surface area contributed by atoms with Crippen LogP contribution < -0.4 is 5.32 Å². The molecule has 2 nitrogen and oxygen atoms in total. The fraction of sp³-hybridized carbons (Fsp3) is 0.312. The molecular formula is C16H19FN2. The van der Waals surface area contributed by atoms with Crippen molar-refractivity contribution >= 4 is 5.69 Å². The fourth-order valence-electron chi connectivity index (χ4n) is 2.14. The first kappa shape index (κ1) is 13.5. The van der Waals surface area contributed by atoms with Crippen molar-refractivity contribution in [3.05, 3.63) is 58.7 Å². The molecule has 19 heavy (non-hydrogen) atoms. The van der Waals surface area contributed by atoms with Crippen LogP contribution in [0, 0.1) is 19.7 Å². The summed E-state index contributed by atoms with van der Waals surface area (Å²) in [5.74, 6) is -0.200. The third kappa shape index (κ3) is 3.11. The van der Waals surface area contributed by atoms with Gasteiger partial charge in [0.1, 0.15) is 5.82 Å². The summed E-state index contributed by atoms with van der Waals surface area (Å²) in [7, 11) is 0. The molecule has 0 atom stereocenters. The van der Waals surface area contributed by atoms with E-state index in [1.807, 2.05) is 25.3 Å². The Labute approximate surface area is 113 Å². The standard InChI is InChI=1S/C16H19FN2/c1-4-18-16-11(2)12(3)19-10-14(16)9-13-5-7-15(17)8-6-13/h5-8,10H,4,9H2,1-3H3,(H,18,19). The Morgan fingerprint density at radius 3 is 2.47 bits per heavy atom. The van der Waals surface area contributed by atoms with E-state index in [9.17, 15) is 4.39 Å². The average Bonchev–Trinajstić information content (AvgIpc) is 2.41. The SMILES string of the molecule is CCNc1c(Cc2ccc(F)cc2)cnc(C)c1C. The van der Waals surface area contributed by atoms with Gasteiger partial charge in [-0.3, -0.25) is 4.98 Å². The van der Waals surface area contributed by atoms with E-state index in [1.54, 1.807) is 0 Å². The van der Waals surface area contributed by atoms with Gasteiger partial charge in [-0.15, -0.1) is 0 Å². The zero-order chi connectivity index (χ0) is 13.8. The molecule has 0 unspecified atom stereocenters. The lowest BCUT2D eigenvalue weighted by Crippen LogP contribution is -2.06. The van der Waals surface area contributed by atoms with Gasteiger partial charge < -0.3 is 5.32 Å². The van der Waals surface area contributed by atoms with E-state index < -0.39 is 0 Å². The summed E-state index contributed by atoms with van der Waals surface area (Å²) in [4.78, 5) is 4.42. The van der Waals surface area contributed by atoms with Crippen LogP contribution in [0.2, 0.25) is 0 Å². The number of nitrogens with one attached hydrogen (secondary N) is 1. The topological polar surface area (TPSA) is 24.9 Å². The molecule has 1 aromatic carbocycles. The molecule has 1 aromatic heterocycles. The Kier molecular flexibility index (Phi) is 4.15. The molecule has 1 N–H and O–H groups in total. The molecule has 0 spiro atoms. The van der Waals surface area contributed by atoms with Gasteiger partial charge in [-0.05, 0) is 49.6 Å². The van der Waals surface area contributed by atoms with Crippen LogP contribution >= 0.6 is 0 Å². The number of rotatable bonds is 4. The molecule has 0 saturated carbocycles. The van der Waals surface area contributed by atoms with Crippen molar-refractivity contribution < 1.29 is 4.39 Å². The Morgan fingerprint density at radius 1 is 1.16 bits per heavy atom. The van der Waals surface area contributed by atoms with Crippen LogP contribution in [0.15, 0.2) is 30.5 Å². The van der Waals surface area contributed by atoms with E-state index in [-0.39, 0.29) is 5.82 Å². The zero-order valence-electron chi connectivity index (χ0n) is 11.6. The monoisotopic (exact) mass is 258 g/mol. The summed E-state index contributed by atoms with van der Waals surface area (Å²) in [6, 6.07) is 6.63. The molecule has 2 aromatic rings. The lowest BCUT2D eigenvalue weighted by Gasteiger charge is -2.15. The molecule has 0 bridgehead atoms. The minimum atomic E-state index is -0.200. The van der Waals surface area contributed by atoms with Crippen LogP contribution in [-0.2, 0) is 6.42 Å². The van der Waals surface area contributed by atoms with Crippen molar-refractivity contribution in [3.8, 4) is 0 Å². The summed E-state index contributed by atoms with van der Waals surface area (Å²) >= 11 is 0. The smallest absolute Gasteiger partial charge is 0.123 e. The van der Waals surface area contributed by atoms with E-state index in [2.05, 4.69) is 24.1 Å². The first-order valence-corrected chi connectivity index (χ1v) is 6.55. The summed E-state index contributed by atoms with van der Waals surface area (Å²) in [5.41, 5.74) is 5.61. The Bertz CT molecular complexity index is 562. The quantitative estimate of drug-likeness (QED) is 0.900. The molecule has 0 aliphatic carbocycles. The first-order chi connectivity index (χ1) is 9.11. The summed E-state index contributed by atoms with van der Waals surface area (Å²) in [5, 5.41) is 3.40. The number of hydrogen-bond acceptors (Lipinski definition) is 2. The zero-order valence-corrected chi connectivity index (χ0v) is 11.6. The van der Waals surface area contributed by atoms with Gasteiger partial charge in [-0.25, -0.2) is 4.39 Å². The maximum Gasteiger partial charge on any atom is 0.123 e. The van der Waals surface area contributed by atoms with Crippen molar-refractivity contribution in [1.29, 1.82) is 0 Å². The molecule has 3 heteroatoms. The van der Waals surface area contributed by atoms with E-state index in [0.29, 0.717) is 0 Å². The van der Waals surface area contributed by atoms with Crippen molar-refractivity contribution in [2.24, 2.45) is 0 Å². The Balaban J connectivity index is 2.33. The number of nitrogens with zero attached hydrogens (tertiary/aromatic N) is 1. The van der Waals surface area contributed by atoms with Gasteiger partial charge in [0.05, 0.1) is 0 Å². The van der Waals surface area contributed by atoms with Gasteiger partial charge in [0.25, 0.3) is 0 Å². The second kappa shape index (κ2) is 5.83. The number of hydrogen-bond donors (Lipinski definition) is 1. The third-order valence-corrected chi connectivity index (χ3v) is 3.31. The first-order valence-electron chi connectivity index (χ1n) is 6.55. The van der Waals surface area contributed by atoms with Crippen molar-refractivity contribution in [1.82, 2.24) is 4.98 Å². The van der Waals surface area contributed by atoms with Gasteiger partial charge in [-0.2, -0.15) is 0 Å². The number of anilines is 1. The second-order valence-corrected chi connectivity index (χ2v) is 4.70. The molecule has 0 amide bonds. The summed E-state index contributed by atoms with van der Waals surface area (Å²) < 4.78 is 12.9. The summed E-state index contributed by atoms with van der Waals surface area (Å²) in [6.07, 6.45) is 2.67. The van der Waals surface area contributed by atoms with Gasteiger partial charge in [0, 0.05) is 30.5 Å². The Morgan fingerprint density at radius 2 is 1.84 bits per heavy atom. The van der Waals surface area contributed by atoms with Gasteiger partial charge in [0.2, 0.25) is 0 Å². The summed E-state index contributed by atoms with van der Waals surface area (Å²) in [6.45, 7) is 7.05.